The van der Waals surface area contributed by atoms with Crippen molar-refractivity contribution in [2.24, 2.45) is 16.6 Å². The van der Waals surface area contributed by atoms with Crippen LogP contribution in [-0.4, -0.2) is 45.1 Å². The van der Waals surface area contributed by atoms with E-state index >= 15 is 0 Å². The molecule has 0 unspecified atom stereocenters. The number of nitrogens with one attached hydrogen (secondary N) is 1. The topological polar surface area (TPSA) is 94.0 Å². The third-order valence-corrected chi connectivity index (χ3v) is 4.44. The summed E-state index contributed by atoms with van der Waals surface area (Å²) in [6.45, 7) is 6.75. The van der Waals surface area contributed by atoms with Crippen molar-refractivity contribution in [3.8, 4) is 0 Å². The predicted molar refractivity (Wildman–Crippen MR) is 107 cm³/mol. The van der Waals surface area contributed by atoms with E-state index in [1.807, 2.05) is 24.5 Å². The lowest BCUT2D eigenvalue weighted by Gasteiger charge is -2.11. The van der Waals surface area contributed by atoms with Gasteiger partial charge in [0.05, 0.1) is 0 Å². The Hall–Kier alpha value is -2.09. The molecule has 0 aliphatic rings. The minimum atomic E-state index is 0.481. The molecular weight excluding hydrogens is 346 g/mol. The molecule has 0 radical (unpaired) electrons. The number of rotatable bonds is 10. The van der Waals surface area contributed by atoms with Gasteiger partial charge in [0.1, 0.15) is 5.82 Å². The second-order valence-electron chi connectivity index (χ2n) is 6.48. The van der Waals surface area contributed by atoms with Gasteiger partial charge in [0.25, 0.3) is 0 Å². The molecule has 0 spiro atoms. The molecule has 0 atom stereocenters. The molecule has 0 fully saturated rings. The van der Waals surface area contributed by atoms with Gasteiger partial charge in [-0.25, -0.2) is 0 Å². The van der Waals surface area contributed by atoms with Crippen LogP contribution < -0.4 is 11.1 Å². The fourth-order valence-electron chi connectivity index (χ4n) is 2.56. The van der Waals surface area contributed by atoms with Gasteiger partial charge in [0, 0.05) is 44.4 Å². The minimum absolute atomic E-state index is 0.481. The van der Waals surface area contributed by atoms with Crippen LogP contribution in [0.1, 0.15) is 31.8 Å². The van der Waals surface area contributed by atoms with Crippen LogP contribution in [0.5, 0.6) is 0 Å². The van der Waals surface area contributed by atoms with Crippen molar-refractivity contribution < 1.29 is 0 Å². The number of guanidine groups is 1. The van der Waals surface area contributed by atoms with E-state index in [0.29, 0.717) is 18.4 Å². The molecule has 3 N–H and O–H groups in total. The smallest absolute Gasteiger partial charge is 0.190 e. The first-order chi connectivity index (χ1) is 12.6. The quantitative estimate of drug-likeness (QED) is 0.286. The zero-order chi connectivity index (χ0) is 18.8. The number of hydrogen-bond donors (Lipinski definition) is 2. The Morgan fingerprint density at radius 3 is 2.85 bits per heavy atom. The Morgan fingerprint density at radius 1 is 1.31 bits per heavy atom. The summed E-state index contributed by atoms with van der Waals surface area (Å²) in [5.41, 5.74) is 6.96. The van der Waals surface area contributed by atoms with E-state index in [9.17, 15) is 0 Å². The summed E-state index contributed by atoms with van der Waals surface area (Å²) in [4.78, 5) is 8.67. The number of aromatic nitrogens is 4. The van der Waals surface area contributed by atoms with Crippen LogP contribution in [0, 0.1) is 5.92 Å². The molecule has 2 heterocycles. The SMILES string of the molecule is CSc1nnc(CCCN=C(N)NCCc2ccccn2)n1CC(C)C. The monoisotopic (exact) mass is 375 g/mol. The molecule has 2 aromatic rings. The Balaban J connectivity index is 1.73. The van der Waals surface area contributed by atoms with Gasteiger partial charge in [-0.1, -0.05) is 31.7 Å². The number of nitrogens with two attached hydrogens (primary N) is 1. The molecule has 8 heteroatoms. The summed E-state index contributed by atoms with van der Waals surface area (Å²) in [6.07, 6.45) is 6.41. The lowest BCUT2D eigenvalue weighted by atomic mass is 10.2. The number of thioether (sulfide) groups is 1. The van der Waals surface area contributed by atoms with E-state index in [1.54, 1.807) is 18.0 Å². The molecular formula is C18H29N7S. The van der Waals surface area contributed by atoms with Crippen molar-refractivity contribution in [3.63, 3.8) is 0 Å². The van der Waals surface area contributed by atoms with E-state index in [-0.39, 0.29) is 0 Å². The number of pyridine rings is 1. The first-order valence-corrected chi connectivity index (χ1v) is 10.2. The predicted octanol–water partition coefficient (Wildman–Crippen LogP) is 2.13. The van der Waals surface area contributed by atoms with Crippen LogP contribution in [0.3, 0.4) is 0 Å². The van der Waals surface area contributed by atoms with Crippen molar-refractivity contribution in [3.05, 3.63) is 35.9 Å². The van der Waals surface area contributed by atoms with Gasteiger partial charge in [0.15, 0.2) is 11.1 Å². The fraction of sp³-hybridized carbons (Fsp3) is 0.556. The summed E-state index contributed by atoms with van der Waals surface area (Å²) in [5.74, 6) is 2.07. The number of aryl methyl sites for hydroxylation is 1. The normalized spacial score (nSPS) is 11.9. The molecule has 26 heavy (non-hydrogen) atoms. The van der Waals surface area contributed by atoms with Crippen LogP contribution in [0.15, 0.2) is 34.5 Å². The van der Waals surface area contributed by atoms with E-state index in [2.05, 4.69) is 43.9 Å². The molecule has 142 valence electrons. The Morgan fingerprint density at radius 2 is 2.15 bits per heavy atom. The Kier molecular flexibility index (Phi) is 8.40. The van der Waals surface area contributed by atoms with Gasteiger partial charge in [-0.05, 0) is 30.7 Å². The molecule has 0 saturated heterocycles. The third kappa shape index (κ3) is 6.67. The summed E-state index contributed by atoms with van der Waals surface area (Å²) >= 11 is 1.64. The highest BCUT2D eigenvalue weighted by atomic mass is 32.2. The molecule has 0 amide bonds. The highest BCUT2D eigenvalue weighted by Gasteiger charge is 2.12. The lowest BCUT2D eigenvalue weighted by Crippen LogP contribution is -2.33. The van der Waals surface area contributed by atoms with E-state index in [4.69, 9.17) is 5.73 Å². The molecule has 2 aromatic heterocycles. The third-order valence-electron chi connectivity index (χ3n) is 3.78. The minimum Gasteiger partial charge on any atom is -0.370 e. The standard InChI is InChI=1S/C18H29N7S/c1-14(2)13-25-16(23-24-18(25)26-3)8-6-11-21-17(19)22-12-9-15-7-4-5-10-20-15/h4-5,7,10,14H,6,8-9,11-13H2,1-3H3,(H3,19,21,22). The summed E-state index contributed by atoms with van der Waals surface area (Å²) in [5, 5.41) is 12.7. The molecule has 0 saturated carbocycles. The highest BCUT2D eigenvalue weighted by Crippen LogP contribution is 2.16. The number of nitrogens with zero attached hydrogens (tertiary/aromatic N) is 5. The average Bonchev–Trinajstić information content (AvgIpc) is 3.00. The van der Waals surface area contributed by atoms with E-state index in [0.717, 1.165) is 49.0 Å². The van der Waals surface area contributed by atoms with Gasteiger partial charge in [-0.3, -0.25) is 9.98 Å². The van der Waals surface area contributed by atoms with Gasteiger partial charge >= 0.3 is 0 Å². The zero-order valence-electron chi connectivity index (χ0n) is 15.9. The second-order valence-corrected chi connectivity index (χ2v) is 7.25. The van der Waals surface area contributed by atoms with E-state index < -0.39 is 0 Å². The maximum absolute atomic E-state index is 5.92. The highest BCUT2D eigenvalue weighted by molar-refractivity contribution is 7.98. The number of hydrogen-bond acceptors (Lipinski definition) is 5. The maximum Gasteiger partial charge on any atom is 0.190 e. The van der Waals surface area contributed by atoms with Crippen molar-refractivity contribution in [1.82, 2.24) is 25.1 Å². The summed E-state index contributed by atoms with van der Waals surface area (Å²) in [7, 11) is 0. The second kappa shape index (κ2) is 10.8. The van der Waals surface area contributed by atoms with E-state index in [1.165, 1.54) is 0 Å². The summed E-state index contributed by atoms with van der Waals surface area (Å²) in [6, 6.07) is 5.91. The first-order valence-electron chi connectivity index (χ1n) is 9.00. The van der Waals surface area contributed by atoms with Gasteiger partial charge < -0.3 is 15.6 Å². The Labute approximate surface area is 159 Å². The van der Waals surface area contributed by atoms with Crippen LogP contribution in [0.2, 0.25) is 0 Å². The average molecular weight is 376 g/mol. The van der Waals surface area contributed by atoms with Gasteiger partial charge in [0.2, 0.25) is 0 Å². The molecule has 7 nitrogen and oxygen atoms in total. The largest absolute Gasteiger partial charge is 0.370 e. The molecule has 0 aliphatic heterocycles. The molecule has 0 aliphatic carbocycles. The summed E-state index contributed by atoms with van der Waals surface area (Å²) < 4.78 is 2.22. The first kappa shape index (κ1) is 20.2. The zero-order valence-corrected chi connectivity index (χ0v) is 16.7. The maximum atomic E-state index is 5.92. The van der Waals surface area contributed by atoms with Gasteiger partial charge in [-0.15, -0.1) is 10.2 Å². The van der Waals surface area contributed by atoms with Crippen LogP contribution in [0.4, 0.5) is 0 Å². The lowest BCUT2D eigenvalue weighted by molar-refractivity contribution is 0.477. The van der Waals surface area contributed by atoms with Crippen molar-refractivity contribution >= 4 is 17.7 Å². The molecule has 0 bridgehead atoms. The van der Waals surface area contributed by atoms with Gasteiger partial charge in [-0.2, -0.15) is 0 Å². The fourth-order valence-corrected chi connectivity index (χ4v) is 3.08. The van der Waals surface area contributed by atoms with Crippen molar-refractivity contribution in [1.29, 1.82) is 0 Å². The van der Waals surface area contributed by atoms with Crippen LogP contribution in [-0.2, 0) is 19.4 Å². The number of aliphatic imine (C=N–C) groups is 1. The molecule has 2 rings (SSSR count). The van der Waals surface area contributed by atoms with Crippen molar-refractivity contribution in [2.45, 2.75) is 44.8 Å². The molecule has 0 aromatic carbocycles. The Bertz CT molecular complexity index is 682. The van der Waals surface area contributed by atoms with Crippen LogP contribution >= 0.6 is 11.8 Å². The van der Waals surface area contributed by atoms with Crippen molar-refractivity contribution in [2.75, 3.05) is 19.3 Å². The van der Waals surface area contributed by atoms with Crippen LogP contribution in [0.25, 0.3) is 0 Å².